The minimum Gasteiger partial charge on any atom is -1.00 e. The zero-order chi connectivity index (χ0) is 40.5. The van der Waals surface area contributed by atoms with Gasteiger partial charge in [-0.25, -0.2) is 0 Å². The van der Waals surface area contributed by atoms with Crippen LogP contribution in [0.5, 0.6) is 0 Å². The van der Waals surface area contributed by atoms with Gasteiger partial charge in [0.25, 0.3) is 0 Å². The molecule has 1 saturated heterocycles. The van der Waals surface area contributed by atoms with E-state index in [1.807, 2.05) is 0 Å². The molecule has 4 aromatic carbocycles. The molecule has 304 valence electrons. The summed E-state index contributed by atoms with van der Waals surface area (Å²) >= 11 is -2.92. The number of hydrogen-bond acceptors (Lipinski definition) is 0. The molecule has 3 heteroatoms. The van der Waals surface area contributed by atoms with Gasteiger partial charge >= 0.3 is 343 Å². The average molecular weight is 881 g/mol. The van der Waals surface area contributed by atoms with E-state index in [0.717, 1.165) is 0 Å². The van der Waals surface area contributed by atoms with Gasteiger partial charge in [-0.05, 0) is 0 Å². The fourth-order valence-corrected chi connectivity index (χ4v) is 28.3. The van der Waals surface area contributed by atoms with Crippen LogP contribution in [-0.2, 0) is 41.9 Å². The monoisotopic (exact) mass is 878 g/mol. The molecule has 57 heavy (non-hydrogen) atoms. The van der Waals surface area contributed by atoms with E-state index in [9.17, 15) is 0 Å². The van der Waals surface area contributed by atoms with Gasteiger partial charge < -0.3 is 24.8 Å². The maximum atomic E-state index is 2.65. The van der Waals surface area contributed by atoms with Crippen LogP contribution < -0.4 is 24.8 Å². The molecule has 1 fully saturated rings. The van der Waals surface area contributed by atoms with Crippen molar-refractivity contribution in [2.75, 3.05) is 0 Å². The zero-order valence-corrected chi connectivity index (χ0v) is 42.6. The molecule has 0 aromatic heterocycles. The largest absolute Gasteiger partial charge is 1.00 e. The number of benzene rings is 4. The molecule has 0 nitrogen and oxygen atoms in total. The Kier molecular flexibility index (Phi) is 12.1. The Hall–Kier alpha value is -2.18. The van der Waals surface area contributed by atoms with Crippen molar-refractivity contribution in [3.63, 3.8) is 0 Å². The van der Waals surface area contributed by atoms with Gasteiger partial charge in [0, 0.05) is 0 Å². The summed E-state index contributed by atoms with van der Waals surface area (Å²) in [7, 11) is 0. The molecule has 4 aromatic rings. The van der Waals surface area contributed by atoms with Gasteiger partial charge in [-0.1, -0.05) is 0 Å². The maximum Gasteiger partial charge on any atom is -1.00 e. The van der Waals surface area contributed by atoms with Crippen LogP contribution in [0.3, 0.4) is 0 Å². The molecule has 0 amide bonds. The van der Waals surface area contributed by atoms with Crippen LogP contribution in [0.25, 0.3) is 34.4 Å². The Labute approximate surface area is 365 Å². The van der Waals surface area contributed by atoms with E-state index >= 15 is 0 Å². The number of rotatable bonds is 4. The van der Waals surface area contributed by atoms with Crippen LogP contribution in [0, 0.1) is 27.7 Å². The maximum absolute atomic E-state index is 2.92. The second-order valence-electron chi connectivity index (χ2n) is 22.4. The van der Waals surface area contributed by atoms with Gasteiger partial charge in [0.05, 0.1) is 0 Å². The summed E-state index contributed by atoms with van der Waals surface area (Å²) in [5, 5.41) is 0. The molecule has 1 heterocycles. The van der Waals surface area contributed by atoms with Crippen LogP contribution in [0.4, 0.5) is 0 Å². The van der Waals surface area contributed by atoms with Gasteiger partial charge in [-0.2, -0.15) is 0 Å². The Morgan fingerprint density at radius 1 is 0.421 bits per heavy atom. The van der Waals surface area contributed by atoms with E-state index in [0.29, 0.717) is 7.25 Å². The first-order valence-corrected chi connectivity index (χ1v) is 27.5. The Morgan fingerprint density at radius 2 is 0.702 bits per heavy atom. The summed E-state index contributed by atoms with van der Waals surface area (Å²) in [6, 6.07) is 20.0. The second-order valence-corrected chi connectivity index (χ2v) is 33.7. The van der Waals surface area contributed by atoms with Crippen molar-refractivity contribution < 1.29 is 45.1 Å². The van der Waals surface area contributed by atoms with Crippen LogP contribution in [-0.4, -0.2) is 0 Å². The van der Waals surface area contributed by atoms with Crippen LogP contribution in [0.1, 0.15) is 171 Å². The standard InChI is InChI=1S/2C26H33.C2H4.2ClH.Zr/c2*1-16-10-22-18(3)17(2)12-23(24(22)11-16)19-13-20(25(4,5)6)15-21(14-19)26(7,8)9;1-2;;;/h2*10-15H,1-9H3;1-2H2;2*1H;/q;;;;;+2/p-2. The van der Waals surface area contributed by atoms with E-state index < -0.39 is 20.3 Å². The molecule has 0 radical (unpaired) electrons. The van der Waals surface area contributed by atoms with E-state index in [2.05, 4.69) is 185 Å². The second kappa shape index (κ2) is 15.1. The molecule has 2 atom stereocenters. The summed E-state index contributed by atoms with van der Waals surface area (Å²) in [4.78, 5) is 0. The summed E-state index contributed by atoms with van der Waals surface area (Å²) in [6.07, 6.45) is 5.30. The topological polar surface area (TPSA) is 0 Å². The van der Waals surface area contributed by atoms with Crippen LogP contribution >= 0.6 is 0 Å². The third kappa shape index (κ3) is 7.95. The first-order chi connectivity index (χ1) is 25.2. The smallest absolute Gasteiger partial charge is 1.00 e. The summed E-state index contributed by atoms with van der Waals surface area (Å²) in [5.74, 6) is 0. The van der Waals surface area contributed by atoms with Crippen molar-refractivity contribution >= 4 is 12.2 Å². The van der Waals surface area contributed by atoms with Crippen molar-refractivity contribution in [2.24, 2.45) is 0 Å². The predicted octanol–water partition coefficient (Wildman–Crippen LogP) is 10.1. The van der Waals surface area contributed by atoms with Crippen molar-refractivity contribution in [1.82, 2.24) is 0 Å². The van der Waals surface area contributed by atoms with E-state index in [1.54, 1.807) is 22.3 Å². The van der Waals surface area contributed by atoms with Crippen molar-refractivity contribution in [1.29, 1.82) is 0 Å². The van der Waals surface area contributed by atoms with Crippen molar-refractivity contribution in [2.45, 2.75) is 162 Å². The molecule has 0 saturated carbocycles. The Morgan fingerprint density at radius 3 is 0.947 bits per heavy atom. The van der Waals surface area contributed by atoms with Crippen molar-refractivity contribution in [3.8, 4) is 22.3 Å². The normalized spacial score (nSPS) is 18.1. The first-order valence-electron chi connectivity index (χ1n) is 21.2. The third-order valence-electron chi connectivity index (χ3n) is 14.0. The van der Waals surface area contributed by atoms with E-state index in [-0.39, 0.29) is 46.5 Å². The summed E-state index contributed by atoms with van der Waals surface area (Å²) in [5.41, 5.74) is 27.4. The molecule has 2 unspecified atom stereocenters. The fourth-order valence-electron chi connectivity index (χ4n) is 10.2. The molecule has 2 aliphatic carbocycles. The van der Waals surface area contributed by atoms with Crippen LogP contribution in [0.15, 0.2) is 59.7 Å². The minimum atomic E-state index is -2.92. The molecular formula is C54H70Cl2Zr. The molecule has 0 spiro atoms. The molecule has 3 aliphatic rings. The third-order valence-corrected chi connectivity index (χ3v) is 27.4. The number of hydrogen-bond donors (Lipinski definition) is 0. The average Bonchev–Trinajstić information content (AvgIpc) is 3.65. The van der Waals surface area contributed by atoms with Crippen LogP contribution in [0.2, 0.25) is 8.26 Å². The van der Waals surface area contributed by atoms with Gasteiger partial charge in [-0.3, -0.25) is 0 Å². The molecule has 7 rings (SSSR count). The number of allylic oxidation sites excluding steroid dienone is 2. The first kappa shape index (κ1) is 45.9. The van der Waals surface area contributed by atoms with Gasteiger partial charge in [0.1, 0.15) is 0 Å². The molecular weight excluding hydrogens is 811 g/mol. The Balaban J connectivity index is 0.00000310. The van der Waals surface area contributed by atoms with E-state index in [1.165, 1.54) is 86.1 Å². The van der Waals surface area contributed by atoms with Crippen molar-refractivity contribution in [3.05, 3.63) is 126 Å². The van der Waals surface area contributed by atoms with Gasteiger partial charge in [-0.15, -0.1) is 0 Å². The Bertz CT molecular complexity index is 2090. The molecule has 1 aliphatic heterocycles. The number of aryl methyl sites for hydroxylation is 2. The molecule has 0 N–H and O–H groups in total. The SMILES string of the molecule is CC1=Cc2c(-c3cc(C(C)(C)C)cc(C(C)(C)C)c3)cc(C)c(C)c2[CH]1[Zr+2]1([CH]2C(C)=Cc3c(-c4cc(C(C)(C)C)cc(C(C)(C)C)c4)cc(C)c(C)c32)[CH2][CH2]1.[Cl-].[Cl-]. The predicted molar refractivity (Wildman–Crippen MR) is 240 cm³/mol. The summed E-state index contributed by atoms with van der Waals surface area (Å²) in [6.45, 7) is 43.0. The van der Waals surface area contributed by atoms with Gasteiger partial charge in [0.15, 0.2) is 0 Å². The molecule has 0 bridgehead atoms. The minimum absolute atomic E-state index is 0. The number of fused-ring (bicyclic) bond motifs is 2. The van der Waals surface area contributed by atoms with E-state index in [4.69, 9.17) is 0 Å². The summed E-state index contributed by atoms with van der Waals surface area (Å²) < 4.78 is 4.20. The number of halogens is 2. The fraction of sp³-hybridized carbons (Fsp3) is 0.481. The zero-order valence-electron chi connectivity index (χ0n) is 38.6. The quantitative estimate of drug-likeness (QED) is 0.192. The van der Waals surface area contributed by atoms with Gasteiger partial charge in [0.2, 0.25) is 0 Å².